The number of carbonyl (C=O) groups is 2. The Kier molecular flexibility index (Phi) is 2.39. The molecule has 17 heavy (non-hydrogen) atoms. The van der Waals surface area contributed by atoms with E-state index in [4.69, 9.17) is 5.11 Å². The Labute approximate surface area is 102 Å². The van der Waals surface area contributed by atoms with Crippen LogP contribution in [-0.4, -0.2) is 39.0 Å². The number of aromatic nitrogens is 1. The van der Waals surface area contributed by atoms with Gasteiger partial charge in [0, 0.05) is 17.5 Å². The Balaban J connectivity index is 1.86. The van der Waals surface area contributed by atoms with E-state index in [9.17, 15) is 9.59 Å². The lowest BCUT2D eigenvalue weighted by molar-refractivity contribution is -0.142. The van der Waals surface area contributed by atoms with Crippen LogP contribution in [0.2, 0.25) is 0 Å². The van der Waals surface area contributed by atoms with Crippen molar-refractivity contribution in [2.45, 2.75) is 31.3 Å². The Morgan fingerprint density at radius 2 is 2.29 bits per heavy atom. The van der Waals surface area contributed by atoms with Gasteiger partial charge >= 0.3 is 5.97 Å². The number of carboxylic acids is 1. The number of hydrogen-bond acceptors (Lipinski definition) is 4. The minimum atomic E-state index is -0.784. The predicted octanol–water partition coefficient (Wildman–Crippen LogP) is 1.22. The fraction of sp³-hybridized carbons (Fsp3) is 0.545. The average Bonchev–Trinajstić information content (AvgIpc) is 3.03. The van der Waals surface area contributed by atoms with Crippen molar-refractivity contribution in [2.75, 3.05) is 0 Å². The van der Waals surface area contributed by atoms with Crippen molar-refractivity contribution < 1.29 is 14.7 Å². The summed E-state index contributed by atoms with van der Waals surface area (Å²) in [6.45, 7) is 0. The van der Waals surface area contributed by atoms with E-state index in [0.717, 1.165) is 12.8 Å². The highest BCUT2D eigenvalue weighted by molar-refractivity contribution is 7.07. The van der Waals surface area contributed by atoms with Crippen LogP contribution in [0.15, 0.2) is 10.9 Å². The van der Waals surface area contributed by atoms with E-state index in [1.165, 1.54) is 11.3 Å². The van der Waals surface area contributed by atoms with Crippen LogP contribution in [-0.2, 0) is 4.79 Å². The lowest BCUT2D eigenvalue weighted by atomic mass is 9.89. The zero-order chi connectivity index (χ0) is 12.0. The molecule has 3 heterocycles. The number of hydrogen-bond donors (Lipinski definition) is 1. The number of aliphatic carboxylic acids is 1. The molecule has 2 aliphatic heterocycles. The zero-order valence-corrected chi connectivity index (χ0v) is 9.89. The fourth-order valence-electron chi connectivity index (χ4n) is 3.02. The molecule has 0 aliphatic carbocycles. The molecule has 1 N–H and O–H groups in total. The third kappa shape index (κ3) is 1.55. The molecule has 2 saturated heterocycles. The number of carboxylic acid groups (broad SMARTS) is 1. The molecule has 1 amide bonds. The van der Waals surface area contributed by atoms with E-state index >= 15 is 0 Å². The monoisotopic (exact) mass is 252 g/mol. The summed E-state index contributed by atoms with van der Waals surface area (Å²) < 4.78 is 0. The van der Waals surface area contributed by atoms with Gasteiger partial charge in [-0.05, 0) is 19.3 Å². The largest absolute Gasteiger partial charge is 0.481 e. The molecular weight excluding hydrogens is 240 g/mol. The van der Waals surface area contributed by atoms with Crippen LogP contribution in [0.4, 0.5) is 0 Å². The van der Waals surface area contributed by atoms with E-state index in [1.807, 2.05) is 0 Å². The number of amides is 1. The summed E-state index contributed by atoms with van der Waals surface area (Å²) >= 11 is 1.38. The van der Waals surface area contributed by atoms with Gasteiger partial charge in [0.2, 0.25) is 0 Å². The van der Waals surface area contributed by atoms with Crippen LogP contribution in [0, 0.1) is 5.92 Å². The molecule has 6 heteroatoms. The molecule has 3 atom stereocenters. The molecule has 90 valence electrons. The van der Waals surface area contributed by atoms with Crippen molar-refractivity contribution in [3.8, 4) is 0 Å². The molecule has 3 unspecified atom stereocenters. The van der Waals surface area contributed by atoms with E-state index in [0.29, 0.717) is 12.1 Å². The van der Waals surface area contributed by atoms with Gasteiger partial charge in [0.25, 0.3) is 5.91 Å². The average molecular weight is 252 g/mol. The van der Waals surface area contributed by atoms with Gasteiger partial charge in [0.05, 0.1) is 11.4 Å². The summed E-state index contributed by atoms with van der Waals surface area (Å²) in [5.74, 6) is -1.29. The number of fused-ring (bicyclic) bond motifs is 2. The number of thiazole rings is 1. The molecule has 3 rings (SSSR count). The number of carbonyl (C=O) groups excluding carboxylic acids is 1. The van der Waals surface area contributed by atoms with Gasteiger partial charge in [-0.15, -0.1) is 11.3 Å². The first-order valence-corrected chi connectivity index (χ1v) is 6.56. The van der Waals surface area contributed by atoms with Gasteiger partial charge in [-0.2, -0.15) is 0 Å². The van der Waals surface area contributed by atoms with Crippen molar-refractivity contribution in [1.29, 1.82) is 0 Å². The SMILES string of the molecule is O=C(O)C1CC2CCC1N2C(=O)c1cscn1. The third-order valence-electron chi connectivity index (χ3n) is 3.74. The normalized spacial score (nSPS) is 30.8. The maximum atomic E-state index is 12.2. The van der Waals surface area contributed by atoms with Crippen molar-refractivity contribution in [3.63, 3.8) is 0 Å². The summed E-state index contributed by atoms with van der Waals surface area (Å²) in [6, 6.07) is -0.0398. The van der Waals surface area contributed by atoms with Crippen LogP contribution < -0.4 is 0 Å². The van der Waals surface area contributed by atoms with Crippen LogP contribution >= 0.6 is 11.3 Å². The Morgan fingerprint density at radius 1 is 1.47 bits per heavy atom. The van der Waals surface area contributed by atoms with E-state index < -0.39 is 11.9 Å². The second-order valence-electron chi connectivity index (χ2n) is 4.57. The standard InChI is InChI=1S/C11H12N2O3S/c14-10(8-4-17-5-12-8)13-6-1-2-9(13)7(3-6)11(15)16/h4-7,9H,1-3H2,(H,15,16). The Morgan fingerprint density at radius 3 is 2.88 bits per heavy atom. The highest BCUT2D eigenvalue weighted by atomic mass is 32.1. The fourth-order valence-corrected chi connectivity index (χ4v) is 3.55. The first-order chi connectivity index (χ1) is 8.18. The van der Waals surface area contributed by atoms with Gasteiger partial charge in [-0.3, -0.25) is 9.59 Å². The summed E-state index contributed by atoms with van der Waals surface area (Å²) in [5.41, 5.74) is 2.07. The minimum Gasteiger partial charge on any atom is -0.481 e. The first-order valence-electron chi connectivity index (χ1n) is 5.62. The Bertz CT molecular complexity index is 459. The van der Waals surface area contributed by atoms with Crippen molar-refractivity contribution in [2.24, 2.45) is 5.92 Å². The summed E-state index contributed by atoms with van der Waals surface area (Å²) in [6.07, 6.45) is 2.32. The molecule has 2 bridgehead atoms. The Hall–Kier alpha value is -1.43. The lowest BCUT2D eigenvalue weighted by Gasteiger charge is -2.21. The molecular formula is C11H12N2O3S. The molecule has 2 aliphatic rings. The topological polar surface area (TPSA) is 70.5 Å². The second kappa shape index (κ2) is 3.80. The van der Waals surface area contributed by atoms with Gasteiger partial charge < -0.3 is 10.0 Å². The van der Waals surface area contributed by atoms with Crippen LogP contribution in [0.1, 0.15) is 29.8 Å². The highest BCUT2D eigenvalue weighted by Crippen LogP contribution is 2.42. The number of rotatable bonds is 2. The molecule has 2 fully saturated rings. The summed E-state index contributed by atoms with van der Waals surface area (Å²) in [4.78, 5) is 29.1. The van der Waals surface area contributed by atoms with Crippen molar-refractivity contribution in [1.82, 2.24) is 9.88 Å². The second-order valence-corrected chi connectivity index (χ2v) is 5.28. The quantitative estimate of drug-likeness (QED) is 0.859. The molecule has 1 aromatic rings. The summed E-state index contributed by atoms with van der Waals surface area (Å²) in [7, 11) is 0. The molecule has 0 saturated carbocycles. The van der Waals surface area contributed by atoms with Gasteiger partial charge in [0.15, 0.2) is 0 Å². The molecule has 0 aromatic carbocycles. The van der Waals surface area contributed by atoms with Gasteiger partial charge in [0.1, 0.15) is 5.69 Å². The van der Waals surface area contributed by atoms with Gasteiger partial charge in [-0.25, -0.2) is 4.98 Å². The smallest absolute Gasteiger partial charge is 0.308 e. The summed E-state index contributed by atoms with van der Waals surface area (Å²) in [5, 5.41) is 10.8. The van der Waals surface area contributed by atoms with E-state index in [1.54, 1.807) is 15.8 Å². The third-order valence-corrected chi connectivity index (χ3v) is 4.33. The maximum absolute atomic E-state index is 12.2. The van der Waals surface area contributed by atoms with Crippen LogP contribution in [0.25, 0.3) is 0 Å². The first kappa shape index (κ1) is 10.7. The van der Waals surface area contributed by atoms with Crippen LogP contribution in [0.5, 0.6) is 0 Å². The lowest BCUT2D eigenvalue weighted by Crippen LogP contribution is -2.38. The van der Waals surface area contributed by atoms with Crippen molar-refractivity contribution in [3.05, 3.63) is 16.6 Å². The van der Waals surface area contributed by atoms with Gasteiger partial charge in [-0.1, -0.05) is 0 Å². The number of nitrogens with zero attached hydrogens (tertiary/aromatic N) is 2. The molecule has 0 radical (unpaired) electrons. The molecule has 5 nitrogen and oxygen atoms in total. The zero-order valence-electron chi connectivity index (χ0n) is 9.07. The highest BCUT2D eigenvalue weighted by Gasteiger charge is 2.51. The van der Waals surface area contributed by atoms with Crippen molar-refractivity contribution >= 4 is 23.2 Å². The van der Waals surface area contributed by atoms with Crippen LogP contribution in [0.3, 0.4) is 0 Å². The van der Waals surface area contributed by atoms with E-state index in [2.05, 4.69) is 4.98 Å². The molecule has 0 spiro atoms. The molecule has 1 aromatic heterocycles. The minimum absolute atomic E-state index is 0.0929. The van der Waals surface area contributed by atoms with E-state index in [-0.39, 0.29) is 18.0 Å². The predicted molar refractivity (Wildman–Crippen MR) is 60.8 cm³/mol. The maximum Gasteiger partial charge on any atom is 0.308 e.